The number of hydrogen-bond donors (Lipinski definition) is 2. The number of benzene rings is 2. The second kappa shape index (κ2) is 7.11. The van der Waals surface area contributed by atoms with Crippen LogP contribution in [0.4, 0.5) is 0 Å². The summed E-state index contributed by atoms with van der Waals surface area (Å²) in [6.45, 7) is -0.143. The smallest absolute Gasteiger partial charge is 0.251 e. The monoisotopic (exact) mass is 371 g/mol. The molecule has 1 aliphatic rings. The molecule has 0 aromatic heterocycles. The average Bonchev–Trinajstić information content (AvgIpc) is 2.59. The van der Waals surface area contributed by atoms with Gasteiger partial charge in [0, 0.05) is 10.0 Å². The van der Waals surface area contributed by atoms with Crippen molar-refractivity contribution < 1.29 is 9.90 Å². The molecule has 0 spiro atoms. The quantitative estimate of drug-likeness (QED) is 0.856. The maximum absolute atomic E-state index is 12.5. The molecule has 3 rings (SSSR count). The van der Waals surface area contributed by atoms with Crippen LogP contribution in [0.25, 0.3) is 6.08 Å². The second-order valence-corrected chi connectivity index (χ2v) is 6.53. The van der Waals surface area contributed by atoms with E-state index in [1.54, 1.807) is 0 Å². The van der Waals surface area contributed by atoms with Gasteiger partial charge in [0.2, 0.25) is 0 Å². The summed E-state index contributed by atoms with van der Waals surface area (Å²) in [5.41, 5.74) is 3.88. The van der Waals surface area contributed by atoms with Crippen LogP contribution in [-0.2, 0) is 6.42 Å². The topological polar surface area (TPSA) is 49.3 Å². The van der Waals surface area contributed by atoms with Gasteiger partial charge in [-0.2, -0.15) is 0 Å². The van der Waals surface area contributed by atoms with E-state index < -0.39 is 6.04 Å². The first-order valence-electron chi connectivity index (χ1n) is 7.64. The molecule has 1 atom stereocenters. The van der Waals surface area contributed by atoms with E-state index in [9.17, 15) is 9.90 Å². The minimum Gasteiger partial charge on any atom is -0.394 e. The number of nitrogens with one attached hydrogen (secondary N) is 1. The molecule has 2 N–H and O–H groups in total. The summed E-state index contributed by atoms with van der Waals surface area (Å²) in [5.74, 6) is -0.165. The largest absolute Gasteiger partial charge is 0.394 e. The third-order valence-corrected chi connectivity index (χ3v) is 4.52. The van der Waals surface area contributed by atoms with Crippen molar-refractivity contribution in [1.82, 2.24) is 5.32 Å². The van der Waals surface area contributed by atoms with Crippen LogP contribution in [0.1, 0.15) is 39.5 Å². The van der Waals surface area contributed by atoms with Crippen molar-refractivity contribution >= 4 is 27.9 Å². The standard InChI is InChI=1S/C19H18BrNO2/c20-17-7-3-6-15(11-17)18(12-22)21-19(23)16-9-8-13-4-1-2-5-14(13)10-16/h1,3-4,6-11,18,22H,2,5,12H2,(H,21,23). The Kier molecular flexibility index (Phi) is 4.94. The molecule has 1 unspecified atom stereocenters. The van der Waals surface area contributed by atoms with Crippen LogP contribution in [0.3, 0.4) is 0 Å². The van der Waals surface area contributed by atoms with Crippen molar-refractivity contribution in [3.8, 4) is 0 Å². The molecule has 4 heteroatoms. The zero-order valence-corrected chi connectivity index (χ0v) is 14.2. The Labute approximate surface area is 144 Å². The molecule has 3 nitrogen and oxygen atoms in total. The summed E-state index contributed by atoms with van der Waals surface area (Å²) in [7, 11) is 0. The maximum atomic E-state index is 12.5. The number of halogens is 1. The number of carbonyl (C=O) groups excluding carboxylic acids is 1. The number of aryl methyl sites for hydroxylation is 1. The highest BCUT2D eigenvalue weighted by Crippen LogP contribution is 2.22. The van der Waals surface area contributed by atoms with Gasteiger partial charge in [0.05, 0.1) is 12.6 Å². The molecule has 23 heavy (non-hydrogen) atoms. The lowest BCUT2D eigenvalue weighted by Crippen LogP contribution is -2.30. The van der Waals surface area contributed by atoms with Gasteiger partial charge < -0.3 is 10.4 Å². The van der Waals surface area contributed by atoms with Gasteiger partial charge in [0.15, 0.2) is 0 Å². The predicted octanol–water partition coefficient (Wildman–Crippen LogP) is 3.87. The molecular formula is C19H18BrNO2. The van der Waals surface area contributed by atoms with E-state index in [-0.39, 0.29) is 12.5 Å². The lowest BCUT2D eigenvalue weighted by Gasteiger charge is -2.18. The van der Waals surface area contributed by atoms with Crippen LogP contribution >= 0.6 is 15.9 Å². The van der Waals surface area contributed by atoms with E-state index in [4.69, 9.17) is 0 Å². The Hall–Kier alpha value is -1.91. The van der Waals surface area contributed by atoms with Crippen molar-refractivity contribution in [2.75, 3.05) is 6.61 Å². The number of aliphatic hydroxyl groups is 1. The molecule has 0 heterocycles. The first kappa shape index (κ1) is 16.0. The van der Waals surface area contributed by atoms with Crippen LogP contribution in [0.2, 0.25) is 0 Å². The van der Waals surface area contributed by atoms with E-state index >= 15 is 0 Å². The van der Waals surface area contributed by atoms with E-state index in [1.165, 1.54) is 11.1 Å². The number of carbonyl (C=O) groups is 1. The number of fused-ring (bicyclic) bond motifs is 1. The van der Waals surface area contributed by atoms with E-state index in [2.05, 4.69) is 33.4 Å². The van der Waals surface area contributed by atoms with Gasteiger partial charge in [-0.15, -0.1) is 0 Å². The molecule has 1 amide bonds. The molecule has 0 fully saturated rings. The van der Waals surface area contributed by atoms with Crippen molar-refractivity contribution in [2.24, 2.45) is 0 Å². The van der Waals surface area contributed by atoms with E-state index in [0.717, 1.165) is 22.9 Å². The summed E-state index contributed by atoms with van der Waals surface area (Å²) in [4.78, 5) is 12.5. The Morgan fingerprint density at radius 1 is 1.26 bits per heavy atom. The number of allylic oxidation sites excluding steroid dienone is 1. The molecular weight excluding hydrogens is 354 g/mol. The normalized spacial score (nSPS) is 14.2. The molecule has 2 aromatic rings. The SMILES string of the molecule is O=C(NC(CO)c1cccc(Br)c1)c1ccc2c(c1)CCC=C2. The third kappa shape index (κ3) is 3.71. The first-order chi connectivity index (χ1) is 11.2. The van der Waals surface area contributed by atoms with Gasteiger partial charge in [-0.1, -0.05) is 46.3 Å². The molecule has 0 saturated heterocycles. The van der Waals surface area contributed by atoms with E-state index in [1.807, 2.05) is 42.5 Å². The molecule has 0 aliphatic heterocycles. The highest BCUT2D eigenvalue weighted by Gasteiger charge is 2.16. The van der Waals surface area contributed by atoms with Crippen molar-refractivity contribution in [3.05, 3.63) is 75.3 Å². The van der Waals surface area contributed by atoms with Crippen LogP contribution in [-0.4, -0.2) is 17.6 Å². The lowest BCUT2D eigenvalue weighted by atomic mass is 9.95. The van der Waals surface area contributed by atoms with Crippen LogP contribution in [0.15, 0.2) is 53.0 Å². The van der Waals surface area contributed by atoms with Gasteiger partial charge in [0.1, 0.15) is 0 Å². The highest BCUT2D eigenvalue weighted by molar-refractivity contribution is 9.10. The minimum atomic E-state index is -0.420. The fourth-order valence-corrected chi connectivity index (χ4v) is 3.19. The molecule has 0 saturated carbocycles. The second-order valence-electron chi connectivity index (χ2n) is 5.62. The fourth-order valence-electron chi connectivity index (χ4n) is 2.77. The molecule has 1 aliphatic carbocycles. The number of amides is 1. The summed E-state index contributed by atoms with van der Waals surface area (Å²) in [5, 5.41) is 12.5. The minimum absolute atomic E-state index is 0.143. The Balaban J connectivity index is 1.79. The zero-order chi connectivity index (χ0) is 16.2. The van der Waals surface area contributed by atoms with Crippen molar-refractivity contribution in [1.29, 1.82) is 0 Å². The predicted molar refractivity (Wildman–Crippen MR) is 95.2 cm³/mol. The van der Waals surface area contributed by atoms with Gasteiger partial charge in [0.25, 0.3) is 5.91 Å². The van der Waals surface area contributed by atoms with Crippen LogP contribution < -0.4 is 5.32 Å². The summed E-state index contributed by atoms with van der Waals surface area (Å²) in [6, 6.07) is 12.9. The molecule has 0 radical (unpaired) electrons. The first-order valence-corrected chi connectivity index (χ1v) is 8.43. The van der Waals surface area contributed by atoms with E-state index in [0.29, 0.717) is 5.56 Å². The van der Waals surface area contributed by atoms with Crippen molar-refractivity contribution in [3.63, 3.8) is 0 Å². The fraction of sp³-hybridized carbons (Fsp3) is 0.211. The Bertz CT molecular complexity index is 755. The number of rotatable bonds is 4. The average molecular weight is 372 g/mol. The molecule has 0 bridgehead atoms. The van der Waals surface area contributed by atoms with Crippen molar-refractivity contribution in [2.45, 2.75) is 18.9 Å². The van der Waals surface area contributed by atoms with Crippen LogP contribution in [0, 0.1) is 0 Å². The highest BCUT2D eigenvalue weighted by atomic mass is 79.9. The van der Waals surface area contributed by atoms with Gasteiger partial charge in [-0.25, -0.2) is 0 Å². The number of hydrogen-bond acceptors (Lipinski definition) is 2. The third-order valence-electron chi connectivity index (χ3n) is 4.02. The summed E-state index contributed by atoms with van der Waals surface area (Å²) in [6.07, 6.45) is 6.22. The van der Waals surface area contributed by atoms with Crippen LogP contribution in [0.5, 0.6) is 0 Å². The zero-order valence-electron chi connectivity index (χ0n) is 12.6. The summed E-state index contributed by atoms with van der Waals surface area (Å²) >= 11 is 3.41. The Morgan fingerprint density at radius 2 is 2.13 bits per heavy atom. The van der Waals surface area contributed by atoms with Gasteiger partial charge in [-0.3, -0.25) is 4.79 Å². The summed E-state index contributed by atoms with van der Waals surface area (Å²) < 4.78 is 0.920. The lowest BCUT2D eigenvalue weighted by molar-refractivity contribution is 0.0916. The van der Waals surface area contributed by atoms with Gasteiger partial charge in [-0.05, 0) is 53.8 Å². The number of aliphatic hydroxyl groups excluding tert-OH is 1. The van der Waals surface area contributed by atoms with Gasteiger partial charge >= 0.3 is 0 Å². The molecule has 118 valence electrons. The molecule has 2 aromatic carbocycles. The Morgan fingerprint density at radius 3 is 2.91 bits per heavy atom. The maximum Gasteiger partial charge on any atom is 0.251 e.